The van der Waals surface area contributed by atoms with Crippen molar-refractivity contribution in [1.29, 1.82) is 0 Å². The van der Waals surface area contributed by atoms with Crippen LogP contribution in [-0.4, -0.2) is 64.1 Å². The number of likely N-dealkylation sites (tertiary alicyclic amines) is 2. The quantitative estimate of drug-likeness (QED) is 0.577. The van der Waals surface area contributed by atoms with E-state index >= 15 is 0 Å². The Kier molecular flexibility index (Phi) is 6.88. The molecule has 2 aliphatic heterocycles. The van der Waals surface area contributed by atoms with E-state index in [2.05, 4.69) is 22.5 Å². The predicted molar refractivity (Wildman–Crippen MR) is 135 cm³/mol. The summed E-state index contributed by atoms with van der Waals surface area (Å²) in [6, 6.07) is 11.6. The molecule has 2 aliphatic rings. The summed E-state index contributed by atoms with van der Waals surface area (Å²) < 4.78 is 7.25. The Morgan fingerprint density at radius 2 is 1.74 bits per heavy atom. The number of hydrogen-bond donors (Lipinski definition) is 1. The molecular weight excluding hydrogens is 442 g/mol. The highest BCUT2D eigenvalue weighted by molar-refractivity contribution is 6.00. The summed E-state index contributed by atoms with van der Waals surface area (Å²) in [6.07, 6.45) is 8.75. The largest absolute Gasteiger partial charge is 0.494 e. The van der Waals surface area contributed by atoms with Gasteiger partial charge in [-0.3, -0.25) is 4.79 Å². The summed E-state index contributed by atoms with van der Waals surface area (Å²) in [5.41, 5.74) is 3.52. The Balaban J connectivity index is 1.21. The Morgan fingerprint density at radius 1 is 1.00 bits per heavy atom. The molecule has 0 radical (unpaired) electrons. The number of amides is 3. The van der Waals surface area contributed by atoms with Crippen LogP contribution < -0.4 is 10.1 Å². The van der Waals surface area contributed by atoms with Crippen LogP contribution in [0.15, 0.2) is 48.8 Å². The van der Waals surface area contributed by atoms with Crippen molar-refractivity contribution in [2.24, 2.45) is 0 Å². The van der Waals surface area contributed by atoms with E-state index in [1.165, 1.54) is 12.0 Å². The van der Waals surface area contributed by atoms with Gasteiger partial charge in [0.1, 0.15) is 5.75 Å². The first-order valence-corrected chi connectivity index (χ1v) is 12.7. The van der Waals surface area contributed by atoms with Crippen molar-refractivity contribution in [3.8, 4) is 5.75 Å². The SMILES string of the molecule is CCOc1ccc(NC(=O)N2CCC(c3ccn4ncc(C(=O)N5CCCCC5)c4c3)CC2)cc1. The fraction of sp³-hybridized carbons (Fsp3) is 0.444. The highest BCUT2D eigenvalue weighted by Crippen LogP contribution is 2.30. The van der Waals surface area contributed by atoms with Gasteiger partial charge in [-0.2, -0.15) is 5.10 Å². The van der Waals surface area contributed by atoms with E-state index in [-0.39, 0.29) is 11.9 Å². The zero-order chi connectivity index (χ0) is 24.2. The first kappa shape index (κ1) is 23.2. The normalized spacial score (nSPS) is 16.9. The summed E-state index contributed by atoms with van der Waals surface area (Å²) in [5.74, 6) is 1.22. The van der Waals surface area contributed by atoms with Crippen LogP contribution in [0.5, 0.6) is 5.75 Å². The van der Waals surface area contributed by atoms with Gasteiger partial charge in [0, 0.05) is 38.1 Å². The minimum absolute atomic E-state index is 0.0757. The van der Waals surface area contributed by atoms with Crippen molar-refractivity contribution >= 4 is 23.1 Å². The number of urea groups is 1. The number of carbonyl (C=O) groups is 2. The van der Waals surface area contributed by atoms with Crippen LogP contribution in [0, 0.1) is 0 Å². The summed E-state index contributed by atoms with van der Waals surface area (Å²) in [4.78, 5) is 29.7. The molecule has 2 fully saturated rings. The highest BCUT2D eigenvalue weighted by Gasteiger charge is 2.26. The van der Waals surface area contributed by atoms with E-state index in [9.17, 15) is 9.59 Å². The monoisotopic (exact) mass is 475 g/mol. The number of benzene rings is 1. The lowest BCUT2D eigenvalue weighted by molar-refractivity contribution is 0.0726. The summed E-state index contributed by atoms with van der Waals surface area (Å²) in [7, 11) is 0. The lowest BCUT2D eigenvalue weighted by Crippen LogP contribution is -2.40. The lowest BCUT2D eigenvalue weighted by atomic mass is 9.89. The average molecular weight is 476 g/mol. The minimum Gasteiger partial charge on any atom is -0.494 e. The third kappa shape index (κ3) is 5.11. The number of fused-ring (bicyclic) bond motifs is 1. The number of rotatable bonds is 5. The van der Waals surface area contributed by atoms with Crippen molar-refractivity contribution < 1.29 is 14.3 Å². The van der Waals surface area contributed by atoms with Gasteiger partial charge in [-0.05, 0) is 86.9 Å². The molecule has 0 saturated carbocycles. The van der Waals surface area contributed by atoms with E-state index in [0.717, 1.165) is 55.7 Å². The van der Waals surface area contributed by atoms with Gasteiger partial charge in [0.15, 0.2) is 0 Å². The second kappa shape index (κ2) is 10.4. The van der Waals surface area contributed by atoms with E-state index in [4.69, 9.17) is 4.74 Å². The molecule has 0 aliphatic carbocycles. The van der Waals surface area contributed by atoms with Crippen LogP contribution >= 0.6 is 0 Å². The molecule has 184 valence electrons. The fourth-order valence-electron chi connectivity index (χ4n) is 5.10. The van der Waals surface area contributed by atoms with Gasteiger partial charge >= 0.3 is 6.03 Å². The van der Waals surface area contributed by atoms with E-state index < -0.39 is 0 Å². The number of pyridine rings is 1. The zero-order valence-electron chi connectivity index (χ0n) is 20.3. The summed E-state index contributed by atoms with van der Waals surface area (Å²) >= 11 is 0. The van der Waals surface area contributed by atoms with Crippen molar-refractivity contribution in [1.82, 2.24) is 19.4 Å². The van der Waals surface area contributed by atoms with Crippen LogP contribution in [0.4, 0.5) is 10.5 Å². The molecule has 2 saturated heterocycles. The van der Waals surface area contributed by atoms with Crippen LogP contribution in [-0.2, 0) is 0 Å². The van der Waals surface area contributed by atoms with Gasteiger partial charge in [-0.15, -0.1) is 0 Å². The number of anilines is 1. The summed E-state index contributed by atoms with van der Waals surface area (Å²) in [5, 5.41) is 7.40. The predicted octanol–water partition coefficient (Wildman–Crippen LogP) is 4.77. The third-order valence-corrected chi connectivity index (χ3v) is 7.09. The first-order valence-electron chi connectivity index (χ1n) is 12.7. The maximum absolute atomic E-state index is 13.1. The van der Waals surface area contributed by atoms with E-state index in [0.29, 0.717) is 31.2 Å². The maximum atomic E-state index is 13.1. The molecule has 1 aromatic carbocycles. The molecule has 0 unspecified atom stereocenters. The van der Waals surface area contributed by atoms with Gasteiger partial charge in [0.05, 0.1) is 23.9 Å². The number of ether oxygens (including phenoxy) is 1. The van der Waals surface area contributed by atoms with Gasteiger partial charge in [-0.1, -0.05) is 0 Å². The molecule has 0 bridgehead atoms. The molecule has 8 nitrogen and oxygen atoms in total. The molecule has 35 heavy (non-hydrogen) atoms. The molecule has 3 amide bonds. The van der Waals surface area contributed by atoms with Gasteiger partial charge in [0.2, 0.25) is 0 Å². The van der Waals surface area contributed by atoms with Crippen molar-refractivity contribution in [2.45, 2.75) is 44.9 Å². The summed E-state index contributed by atoms with van der Waals surface area (Å²) in [6.45, 7) is 5.60. The highest BCUT2D eigenvalue weighted by atomic mass is 16.5. The smallest absolute Gasteiger partial charge is 0.321 e. The topological polar surface area (TPSA) is 79.2 Å². The molecule has 4 heterocycles. The maximum Gasteiger partial charge on any atom is 0.321 e. The number of piperidine rings is 2. The Labute approximate surface area is 205 Å². The Bertz CT molecular complexity index is 1180. The van der Waals surface area contributed by atoms with E-state index in [1.807, 2.05) is 47.2 Å². The van der Waals surface area contributed by atoms with Gasteiger partial charge in [-0.25, -0.2) is 9.31 Å². The number of nitrogens with one attached hydrogen (secondary N) is 1. The number of hydrogen-bond acceptors (Lipinski definition) is 4. The Hall–Kier alpha value is -3.55. The molecule has 0 spiro atoms. The minimum atomic E-state index is -0.0757. The third-order valence-electron chi connectivity index (χ3n) is 7.09. The van der Waals surface area contributed by atoms with Crippen LogP contribution in [0.25, 0.3) is 5.52 Å². The number of carbonyl (C=O) groups excluding carboxylic acids is 2. The molecule has 1 N–H and O–H groups in total. The van der Waals surface area contributed by atoms with E-state index in [1.54, 1.807) is 10.7 Å². The Morgan fingerprint density at radius 3 is 2.46 bits per heavy atom. The zero-order valence-corrected chi connectivity index (χ0v) is 20.3. The molecule has 3 aromatic rings. The fourth-order valence-corrected chi connectivity index (χ4v) is 5.10. The molecular formula is C27H33N5O3. The van der Waals surface area contributed by atoms with Crippen molar-refractivity contribution in [2.75, 3.05) is 38.1 Å². The lowest BCUT2D eigenvalue weighted by Gasteiger charge is -2.32. The van der Waals surface area contributed by atoms with Crippen LogP contribution in [0.2, 0.25) is 0 Å². The molecule has 8 heteroatoms. The number of nitrogens with zero attached hydrogens (tertiary/aromatic N) is 4. The molecule has 5 rings (SSSR count). The van der Waals surface area contributed by atoms with Crippen LogP contribution in [0.1, 0.15) is 60.9 Å². The second-order valence-corrected chi connectivity index (χ2v) is 9.35. The molecule has 2 aromatic heterocycles. The van der Waals surface area contributed by atoms with Crippen LogP contribution in [0.3, 0.4) is 0 Å². The number of aromatic nitrogens is 2. The second-order valence-electron chi connectivity index (χ2n) is 9.35. The first-order chi connectivity index (χ1) is 17.1. The standard InChI is InChI=1S/C27H33N5O3/c1-2-35-23-8-6-22(7-9-23)29-27(34)31-15-10-20(11-16-31)21-12-17-32-25(18-21)24(19-28-32)26(33)30-13-4-3-5-14-30/h6-9,12,17-20H,2-5,10-11,13-16H2,1H3,(H,29,34). The van der Waals surface area contributed by atoms with Gasteiger partial charge < -0.3 is 19.9 Å². The van der Waals surface area contributed by atoms with Crippen molar-refractivity contribution in [3.05, 3.63) is 59.9 Å². The molecule has 0 atom stereocenters. The van der Waals surface area contributed by atoms with Crippen molar-refractivity contribution in [3.63, 3.8) is 0 Å². The van der Waals surface area contributed by atoms with Gasteiger partial charge in [0.25, 0.3) is 5.91 Å². The average Bonchev–Trinajstić information content (AvgIpc) is 3.33.